The number of sulfonamides is 1. The molecule has 0 spiro atoms. The Hall–Kier alpha value is -2.49. The number of nitrogens with one attached hydrogen (secondary N) is 1. The Morgan fingerprint density at radius 1 is 1.27 bits per heavy atom. The fraction of sp³-hybridized carbons (Fsp3) is 0.176. The maximum absolute atomic E-state index is 12.1. The zero-order chi connectivity index (χ0) is 18.6. The lowest BCUT2D eigenvalue weighted by Crippen LogP contribution is -2.30. The van der Waals surface area contributed by atoms with E-state index in [9.17, 15) is 13.2 Å². The van der Waals surface area contributed by atoms with Gasteiger partial charge in [0.15, 0.2) is 5.76 Å². The first-order valence-electron chi connectivity index (χ1n) is 7.65. The highest BCUT2D eigenvalue weighted by Gasteiger charge is 2.16. The summed E-state index contributed by atoms with van der Waals surface area (Å²) < 4.78 is 36.6. The van der Waals surface area contributed by atoms with Gasteiger partial charge in [-0.2, -0.15) is 4.72 Å². The van der Waals surface area contributed by atoms with Crippen LogP contribution in [0, 0.1) is 6.92 Å². The van der Waals surface area contributed by atoms with E-state index in [0.717, 1.165) is 10.4 Å². The number of aryl methyl sites for hydroxylation is 1. The van der Waals surface area contributed by atoms with Gasteiger partial charge in [0.2, 0.25) is 10.0 Å². The van der Waals surface area contributed by atoms with Gasteiger partial charge in [-0.3, -0.25) is 4.79 Å². The molecule has 0 aliphatic heterocycles. The van der Waals surface area contributed by atoms with Crippen LogP contribution in [-0.2, 0) is 26.2 Å². The second-order valence-electron chi connectivity index (χ2n) is 5.46. The van der Waals surface area contributed by atoms with E-state index in [-0.39, 0.29) is 11.5 Å². The van der Waals surface area contributed by atoms with Crippen LogP contribution in [-0.4, -0.2) is 26.1 Å². The topological polar surface area (TPSA) is 98.5 Å². The predicted octanol–water partition coefficient (Wildman–Crippen LogP) is 2.73. The third-order valence-corrected chi connectivity index (χ3v) is 5.74. The van der Waals surface area contributed by atoms with Crippen molar-refractivity contribution in [3.05, 3.63) is 59.1 Å². The summed E-state index contributed by atoms with van der Waals surface area (Å²) >= 11 is 1.51. The number of carbonyl (C=O) groups is 1. The molecule has 0 saturated heterocycles. The largest absolute Gasteiger partial charge is 0.458 e. The van der Waals surface area contributed by atoms with E-state index in [4.69, 9.17) is 9.26 Å². The summed E-state index contributed by atoms with van der Waals surface area (Å²) in [5.74, 6) is -0.118. The van der Waals surface area contributed by atoms with Crippen LogP contribution >= 0.6 is 11.3 Å². The van der Waals surface area contributed by atoms with Crippen molar-refractivity contribution in [1.29, 1.82) is 0 Å². The molecule has 1 aromatic carbocycles. The maximum Gasteiger partial charge on any atom is 0.321 e. The molecular formula is C17H16N2O5S2. The predicted molar refractivity (Wildman–Crippen MR) is 96.0 cm³/mol. The fourth-order valence-electron chi connectivity index (χ4n) is 2.07. The summed E-state index contributed by atoms with van der Waals surface area (Å²) in [6.45, 7) is 1.29. The Kier molecular flexibility index (Phi) is 5.50. The molecule has 0 radical (unpaired) electrons. The van der Waals surface area contributed by atoms with Gasteiger partial charge in [-0.1, -0.05) is 28.9 Å². The first-order chi connectivity index (χ1) is 12.4. The molecule has 26 heavy (non-hydrogen) atoms. The van der Waals surface area contributed by atoms with Crippen LogP contribution in [0.4, 0.5) is 0 Å². The molecule has 0 aliphatic carbocycles. The van der Waals surface area contributed by atoms with E-state index >= 15 is 0 Å². The highest BCUT2D eigenvalue weighted by atomic mass is 32.2. The van der Waals surface area contributed by atoms with Crippen molar-refractivity contribution in [2.45, 2.75) is 18.4 Å². The van der Waals surface area contributed by atoms with Gasteiger partial charge in [0.05, 0.1) is 9.77 Å². The van der Waals surface area contributed by atoms with E-state index in [2.05, 4.69) is 9.88 Å². The van der Waals surface area contributed by atoms with Crippen molar-refractivity contribution in [1.82, 2.24) is 9.88 Å². The van der Waals surface area contributed by atoms with Gasteiger partial charge in [-0.25, -0.2) is 8.42 Å². The summed E-state index contributed by atoms with van der Waals surface area (Å²) in [6, 6.07) is 11.8. The van der Waals surface area contributed by atoms with Gasteiger partial charge >= 0.3 is 5.97 Å². The molecule has 1 N–H and O–H groups in total. The van der Waals surface area contributed by atoms with Crippen molar-refractivity contribution in [3.63, 3.8) is 0 Å². The highest BCUT2D eigenvalue weighted by molar-refractivity contribution is 7.89. The number of carbonyl (C=O) groups excluding carboxylic acids is 1. The number of aromatic nitrogens is 1. The lowest BCUT2D eigenvalue weighted by atomic mass is 10.2. The summed E-state index contributed by atoms with van der Waals surface area (Å²) in [6.07, 6.45) is 0. The minimum atomic E-state index is -3.76. The van der Waals surface area contributed by atoms with Crippen molar-refractivity contribution in [2.24, 2.45) is 0 Å². The van der Waals surface area contributed by atoms with Gasteiger partial charge in [-0.05, 0) is 30.5 Å². The van der Waals surface area contributed by atoms with Gasteiger partial charge in [-0.15, -0.1) is 11.3 Å². The molecule has 2 aromatic heterocycles. The Bertz CT molecular complexity index is 977. The Labute approximate surface area is 154 Å². The maximum atomic E-state index is 12.1. The summed E-state index contributed by atoms with van der Waals surface area (Å²) in [4.78, 5) is 12.8. The van der Waals surface area contributed by atoms with Gasteiger partial charge in [0.1, 0.15) is 18.8 Å². The molecule has 3 aromatic rings. The van der Waals surface area contributed by atoms with Crippen LogP contribution in [0.25, 0.3) is 10.6 Å². The average Bonchev–Trinajstić information content (AvgIpc) is 3.30. The monoisotopic (exact) mass is 392 g/mol. The van der Waals surface area contributed by atoms with Crippen LogP contribution < -0.4 is 4.72 Å². The molecule has 0 saturated carbocycles. The zero-order valence-corrected chi connectivity index (χ0v) is 15.5. The van der Waals surface area contributed by atoms with Crippen LogP contribution in [0.5, 0.6) is 0 Å². The lowest BCUT2D eigenvalue weighted by Gasteiger charge is -2.07. The lowest BCUT2D eigenvalue weighted by molar-refractivity contribution is -0.143. The minimum absolute atomic E-state index is 0.0907. The number of rotatable bonds is 7. The molecule has 0 aliphatic rings. The molecule has 0 fully saturated rings. The molecule has 9 heteroatoms. The molecule has 0 amide bonds. The SMILES string of the molecule is Cc1ccc(S(=O)(=O)NCC(=O)OCc2cc(-c3cccs3)on2)cc1. The number of hydrogen-bond donors (Lipinski definition) is 1. The van der Waals surface area contributed by atoms with Crippen LogP contribution in [0.3, 0.4) is 0 Å². The third kappa shape index (κ3) is 4.57. The number of ether oxygens (including phenoxy) is 1. The number of nitrogens with zero attached hydrogens (tertiary/aromatic N) is 1. The summed E-state index contributed by atoms with van der Waals surface area (Å²) in [7, 11) is -3.76. The Morgan fingerprint density at radius 3 is 2.73 bits per heavy atom. The second-order valence-corrected chi connectivity index (χ2v) is 8.17. The summed E-state index contributed by atoms with van der Waals surface area (Å²) in [5.41, 5.74) is 1.39. The van der Waals surface area contributed by atoms with Gasteiger partial charge in [0, 0.05) is 6.07 Å². The first kappa shape index (κ1) is 18.3. The normalized spacial score (nSPS) is 11.4. The first-order valence-corrected chi connectivity index (χ1v) is 10.0. The van der Waals surface area contributed by atoms with Crippen molar-refractivity contribution >= 4 is 27.3 Å². The van der Waals surface area contributed by atoms with E-state index in [1.165, 1.54) is 23.5 Å². The molecule has 136 valence electrons. The van der Waals surface area contributed by atoms with E-state index < -0.39 is 22.5 Å². The van der Waals surface area contributed by atoms with Crippen molar-refractivity contribution in [2.75, 3.05) is 6.54 Å². The number of esters is 1. The van der Waals surface area contributed by atoms with Crippen LogP contribution in [0.1, 0.15) is 11.3 Å². The molecular weight excluding hydrogens is 376 g/mol. The third-order valence-electron chi connectivity index (χ3n) is 3.44. The highest BCUT2D eigenvalue weighted by Crippen LogP contribution is 2.25. The molecule has 0 atom stereocenters. The molecule has 3 rings (SSSR count). The standard InChI is InChI=1S/C17H16N2O5S2/c1-12-4-6-14(7-5-12)26(21,22)18-10-17(20)23-11-13-9-15(24-19-13)16-3-2-8-25-16/h2-9,18H,10-11H2,1H3. The zero-order valence-electron chi connectivity index (χ0n) is 13.8. The Balaban J connectivity index is 1.51. The van der Waals surface area contributed by atoms with Crippen molar-refractivity contribution in [3.8, 4) is 10.6 Å². The van der Waals surface area contributed by atoms with Gasteiger partial charge in [0.25, 0.3) is 0 Å². The van der Waals surface area contributed by atoms with Gasteiger partial charge < -0.3 is 9.26 Å². The van der Waals surface area contributed by atoms with E-state index in [1.807, 2.05) is 24.4 Å². The minimum Gasteiger partial charge on any atom is -0.458 e. The van der Waals surface area contributed by atoms with Crippen LogP contribution in [0.15, 0.2) is 57.3 Å². The molecule has 7 nitrogen and oxygen atoms in total. The van der Waals surface area contributed by atoms with E-state index in [0.29, 0.717) is 11.5 Å². The second kappa shape index (κ2) is 7.81. The average molecular weight is 392 g/mol. The molecule has 0 unspecified atom stereocenters. The smallest absolute Gasteiger partial charge is 0.321 e. The van der Waals surface area contributed by atoms with E-state index in [1.54, 1.807) is 18.2 Å². The number of hydrogen-bond acceptors (Lipinski definition) is 7. The quantitative estimate of drug-likeness (QED) is 0.621. The van der Waals surface area contributed by atoms with Crippen LogP contribution in [0.2, 0.25) is 0 Å². The summed E-state index contributed by atoms with van der Waals surface area (Å²) in [5, 5.41) is 5.74. The number of thiophene rings is 1. The fourth-order valence-corrected chi connectivity index (χ4v) is 3.72. The molecule has 0 bridgehead atoms. The van der Waals surface area contributed by atoms with Crippen molar-refractivity contribution < 1.29 is 22.5 Å². The number of benzene rings is 1. The Morgan fingerprint density at radius 2 is 2.04 bits per heavy atom. The molecule has 2 heterocycles.